The van der Waals surface area contributed by atoms with Crippen LogP contribution in [0.15, 0.2) is 10.2 Å². The highest BCUT2D eigenvalue weighted by atomic mass is 32.2. The zero-order chi connectivity index (χ0) is 12.7. The SMILES string of the molecule is CCNCCCS(=O)(=O)NCc1csc(=O)[nH]1. The Morgan fingerprint density at radius 3 is 2.82 bits per heavy atom. The van der Waals surface area contributed by atoms with Crippen molar-refractivity contribution in [2.24, 2.45) is 0 Å². The quantitative estimate of drug-likeness (QED) is 0.577. The molecule has 0 amide bonds. The molecule has 0 saturated carbocycles. The Bertz CT molecular complexity index is 478. The fourth-order valence-corrected chi connectivity index (χ4v) is 2.85. The third-order valence-electron chi connectivity index (χ3n) is 2.07. The number of thiazole rings is 1. The van der Waals surface area contributed by atoms with Gasteiger partial charge in [-0.05, 0) is 19.5 Å². The molecular weight excluding hydrogens is 262 g/mol. The molecule has 0 aromatic carbocycles. The van der Waals surface area contributed by atoms with Crippen molar-refractivity contribution in [3.05, 3.63) is 20.7 Å². The van der Waals surface area contributed by atoms with Crippen LogP contribution in [0.2, 0.25) is 0 Å². The molecule has 0 fully saturated rings. The van der Waals surface area contributed by atoms with Crippen LogP contribution in [-0.2, 0) is 16.6 Å². The normalized spacial score (nSPS) is 11.8. The molecule has 0 radical (unpaired) electrons. The number of nitrogens with one attached hydrogen (secondary N) is 3. The van der Waals surface area contributed by atoms with Crippen LogP contribution >= 0.6 is 11.3 Å². The molecule has 0 atom stereocenters. The highest BCUT2D eigenvalue weighted by Gasteiger charge is 2.09. The molecule has 0 aliphatic rings. The Balaban J connectivity index is 2.32. The van der Waals surface area contributed by atoms with E-state index in [1.165, 1.54) is 0 Å². The number of aromatic amines is 1. The smallest absolute Gasteiger partial charge is 0.304 e. The van der Waals surface area contributed by atoms with Crippen LogP contribution in [0, 0.1) is 0 Å². The van der Waals surface area contributed by atoms with Crippen molar-refractivity contribution in [3.63, 3.8) is 0 Å². The molecule has 3 N–H and O–H groups in total. The van der Waals surface area contributed by atoms with Gasteiger partial charge < -0.3 is 10.3 Å². The van der Waals surface area contributed by atoms with E-state index >= 15 is 0 Å². The Kier molecular flexibility index (Phi) is 5.83. The maximum Gasteiger partial charge on any atom is 0.304 e. The van der Waals surface area contributed by atoms with E-state index in [-0.39, 0.29) is 17.2 Å². The summed E-state index contributed by atoms with van der Waals surface area (Å²) in [5, 5.41) is 4.67. The number of sulfonamides is 1. The molecule has 0 aliphatic heterocycles. The van der Waals surface area contributed by atoms with Gasteiger partial charge in [-0.2, -0.15) is 0 Å². The summed E-state index contributed by atoms with van der Waals surface area (Å²) in [6.45, 7) is 3.64. The third kappa shape index (κ3) is 5.97. The van der Waals surface area contributed by atoms with Crippen LogP contribution in [0.25, 0.3) is 0 Å². The maximum absolute atomic E-state index is 11.5. The molecule has 1 heterocycles. The fourth-order valence-electron chi connectivity index (χ4n) is 1.22. The topological polar surface area (TPSA) is 91.1 Å². The lowest BCUT2D eigenvalue weighted by molar-refractivity contribution is 0.575. The van der Waals surface area contributed by atoms with Crippen LogP contribution in [0.4, 0.5) is 0 Å². The first-order valence-electron chi connectivity index (χ1n) is 5.38. The van der Waals surface area contributed by atoms with Crippen molar-refractivity contribution >= 4 is 21.4 Å². The second kappa shape index (κ2) is 6.90. The monoisotopic (exact) mass is 279 g/mol. The number of hydrogen-bond donors (Lipinski definition) is 3. The summed E-state index contributed by atoms with van der Waals surface area (Å²) >= 11 is 1.02. The molecule has 1 aromatic rings. The average molecular weight is 279 g/mol. The lowest BCUT2D eigenvalue weighted by atomic mass is 10.5. The predicted octanol–water partition coefficient (Wildman–Crippen LogP) is -0.145. The minimum absolute atomic E-state index is 0.0916. The maximum atomic E-state index is 11.5. The molecule has 0 aliphatic carbocycles. The minimum Gasteiger partial charge on any atom is -0.317 e. The highest BCUT2D eigenvalue weighted by molar-refractivity contribution is 7.89. The fraction of sp³-hybridized carbons (Fsp3) is 0.667. The molecule has 0 unspecified atom stereocenters. The number of H-pyrrole nitrogens is 1. The van der Waals surface area contributed by atoms with Crippen molar-refractivity contribution in [1.29, 1.82) is 0 Å². The van der Waals surface area contributed by atoms with Gasteiger partial charge in [-0.25, -0.2) is 13.1 Å². The first kappa shape index (κ1) is 14.4. The molecule has 1 aromatic heterocycles. The van der Waals surface area contributed by atoms with Crippen LogP contribution in [-0.4, -0.2) is 32.2 Å². The van der Waals surface area contributed by atoms with Gasteiger partial charge in [0.1, 0.15) is 0 Å². The van der Waals surface area contributed by atoms with Crippen LogP contribution in [0.1, 0.15) is 19.0 Å². The van der Waals surface area contributed by atoms with Gasteiger partial charge >= 0.3 is 4.87 Å². The first-order valence-corrected chi connectivity index (χ1v) is 7.91. The van der Waals surface area contributed by atoms with E-state index in [1.807, 2.05) is 6.92 Å². The molecule has 0 spiro atoms. The van der Waals surface area contributed by atoms with Gasteiger partial charge in [0.25, 0.3) is 0 Å². The van der Waals surface area contributed by atoms with E-state index in [9.17, 15) is 13.2 Å². The van der Waals surface area contributed by atoms with E-state index in [2.05, 4.69) is 15.0 Å². The summed E-state index contributed by atoms with van der Waals surface area (Å²) in [5.41, 5.74) is 0.593. The van der Waals surface area contributed by atoms with Crippen molar-refractivity contribution < 1.29 is 8.42 Å². The largest absolute Gasteiger partial charge is 0.317 e. The summed E-state index contributed by atoms with van der Waals surface area (Å²) in [6.07, 6.45) is 0.573. The average Bonchev–Trinajstić information content (AvgIpc) is 2.68. The molecule has 6 nitrogen and oxygen atoms in total. The molecule has 17 heavy (non-hydrogen) atoms. The summed E-state index contributed by atoms with van der Waals surface area (Å²) in [7, 11) is -3.26. The lowest BCUT2D eigenvalue weighted by Crippen LogP contribution is -2.28. The van der Waals surface area contributed by atoms with E-state index in [0.717, 1.165) is 17.9 Å². The summed E-state index contributed by atoms with van der Waals surface area (Å²) in [6, 6.07) is 0. The summed E-state index contributed by atoms with van der Waals surface area (Å²) < 4.78 is 25.5. The van der Waals surface area contributed by atoms with Crippen molar-refractivity contribution in [1.82, 2.24) is 15.0 Å². The van der Waals surface area contributed by atoms with Crippen LogP contribution in [0.5, 0.6) is 0 Å². The van der Waals surface area contributed by atoms with Gasteiger partial charge in [0.05, 0.1) is 12.3 Å². The zero-order valence-corrected chi connectivity index (χ0v) is 11.3. The Labute approximate surface area is 105 Å². The molecule has 0 saturated heterocycles. The lowest BCUT2D eigenvalue weighted by Gasteiger charge is -2.05. The van der Waals surface area contributed by atoms with Gasteiger partial charge in [-0.3, -0.25) is 4.79 Å². The van der Waals surface area contributed by atoms with Gasteiger partial charge in [0.2, 0.25) is 10.0 Å². The Hall–Kier alpha value is -0.700. The second-order valence-electron chi connectivity index (χ2n) is 3.52. The Morgan fingerprint density at radius 2 is 2.24 bits per heavy atom. The summed E-state index contributed by atoms with van der Waals surface area (Å²) in [4.78, 5) is 13.2. The second-order valence-corrected chi connectivity index (χ2v) is 6.29. The van der Waals surface area contributed by atoms with E-state index < -0.39 is 10.0 Å². The molecular formula is C9H17N3O3S2. The number of rotatable bonds is 8. The molecule has 0 bridgehead atoms. The number of aromatic nitrogens is 1. The van der Waals surface area contributed by atoms with Crippen LogP contribution in [0.3, 0.4) is 0 Å². The third-order valence-corrected chi connectivity index (χ3v) is 4.20. The summed E-state index contributed by atoms with van der Waals surface area (Å²) in [5.74, 6) is 0.0916. The Morgan fingerprint density at radius 1 is 1.47 bits per heavy atom. The van der Waals surface area contributed by atoms with Gasteiger partial charge in [0.15, 0.2) is 0 Å². The van der Waals surface area contributed by atoms with E-state index in [0.29, 0.717) is 18.7 Å². The number of hydrogen-bond acceptors (Lipinski definition) is 5. The molecule has 1 rings (SSSR count). The van der Waals surface area contributed by atoms with E-state index in [4.69, 9.17) is 0 Å². The molecule has 98 valence electrons. The van der Waals surface area contributed by atoms with E-state index in [1.54, 1.807) is 5.38 Å². The van der Waals surface area contributed by atoms with Gasteiger partial charge in [0, 0.05) is 11.1 Å². The molecule has 8 heteroatoms. The van der Waals surface area contributed by atoms with Gasteiger partial charge in [-0.15, -0.1) is 0 Å². The first-order chi connectivity index (χ1) is 8.03. The minimum atomic E-state index is -3.26. The standard InChI is InChI=1S/C9H17N3O3S2/c1-2-10-4-3-5-17(14,15)11-6-8-7-16-9(13)12-8/h7,10-11H,2-6H2,1H3,(H,12,13). The zero-order valence-electron chi connectivity index (χ0n) is 9.65. The van der Waals surface area contributed by atoms with Gasteiger partial charge in [-0.1, -0.05) is 18.3 Å². The van der Waals surface area contributed by atoms with Crippen molar-refractivity contribution in [3.8, 4) is 0 Å². The van der Waals surface area contributed by atoms with Crippen molar-refractivity contribution in [2.45, 2.75) is 19.9 Å². The van der Waals surface area contributed by atoms with Crippen molar-refractivity contribution in [2.75, 3.05) is 18.8 Å². The predicted molar refractivity (Wildman–Crippen MR) is 68.7 cm³/mol. The highest BCUT2D eigenvalue weighted by Crippen LogP contribution is 1.97. The van der Waals surface area contributed by atoms with Crippen LogP contribution < -0.4 is 14.9 Å².